The Balaban J connectivity index is 1.80. The van der Waals surface area contributed by atoms with Gasteiger partial charge < -0.3 is 10.6 Å². The summed E-state index contributed by atoms with van der Waals surface area (Å²) in [6.45, 7) is 5.55. The molecular weight excluding hydrogens is 242 g/mol. The number of fused-ring (bicyclic) bond motifs is 1. The fourth-order valence-electron chi connectivity index (χ4n) is 3.20. The van der Waals surface area contributed by atoms with E-state index in [0.29, 0.717) is 12.6 Å². The molecule has 0 aromatic carbocycles. The maximum atomic E-state index is 5.79. The van der Waals surface area contributed by atoms with Crippen LogP contribution in [0.15, 0.2) is 6.07 Å². The van der Waals surface area contributed by atoms with Gasteiger partial charge in [0.15, 0.2) is 0 Å². The van der Waals surface area contributed by atoms with Crippen LogP contribution in [0.25, 0.3) is 0 Å². The van der Waals surface area contributed by atoms with Gasteiger partial charge in [-0.2, -0.15) is 0 Å². The van der Waals surface area contributed by atoms with Crippen LogP contribution in [-0.2, 0) is 13.0 Å². The molecule has 1 aromatic rings. The largest absolute Gasteiger partial charge is 0.326 e. The van der Waals surface area contributed by atoms with Gasteiger partial charge in [0.05, 0.1) is 0 Å². The first-order chi connectivity index (χ1) is 8.78. The van der Waals surface area contributed by atoms with Crippen molar-refractivity contribution >= 4 is 11.3 Å². The van der Waals surface area contributed by atoms with Crippen molar-refractivity contribution in [3.8, 4) is 0 Å². The number of rotatable bonds is 2. The van der Waals surface area contributed by atoms with Crippen molar-refractivity contribution in [1.29, 1.82) is 0 Å². The molecule has 0 saturated carbocycles. The lowest BCUT2D eigenvalue weighted by Gasteiger charge is -2.39. The SMILES string of the molecule is CN1CCN(C2CCCc3sc(CN)cc32)CC1. The van der Waals surface area contributed by atoms with Crippen LogP contribution in [0.3, 0.4) is 0 Å². The van der Waals surface area contributed by atoms with Crippen molar-refractivity contribution in [2.75, 3.05) is 33.2 Å². The van der Waals surface area contributed by atoms with Crippen LogP contribution >= 0.6 is 11.3 Å². The molecule has 2 aliphatic rings. The molecule has 0 spiro atoms. The average Bonchev–Trinajstić information content (AvgIpc) is 2.82. The number of hydrogen-bond acceptors (Lipinski definition) is 4. The Bertz CT molecular complexity index is 407. The smallest absolute Gasteiger partial charge is 0.0360 e. The molecule has 18 heavy (non-hydrogen) atoms. The van der Waals surface area contributed by atoms with E-state index in [1.807, 2.05) is 11.3 Å². The zero-order valence-corrected chi connectivity index (χ0v) is 12.0. The van der Waals surface area contributed by atoms with E-state index in [1.54, 1.807) is 10.4 Å². The van der Waals surface area contributed by atoms with Gasteiger partial charge in [-0.25, -0.2) is 0 Å². The quantitative estimate of drug-likeness (QED) is 0.885. The fourth-order valence-corrected chi connectivity index (χ4v) is 4.35. The average molecular weight is 265 g/mol. The van der Waals surface area contributed by atoms with Crippen LogP contribution in [-0.4, -0.2) is 43.0 Å². The zero-order valence-electron chi connectivity index (χ0n) is 11.2. The maximum Gasteiger partial charge on any atom is 0.0360 e. The summed E-state index contributed by atoms with van der Waals surface area (Å²) in [5.41, 5.74) is 7.39. The third kappa shape index (κ3) is 2.35. The molecule has 1 aliphatic carbocycles. The van der Waals surface area contributed by atoms with E-state index in [0.717, 1.165) is 0 Å². The molecule has 0 amide bonds. The molecule has 3 rings (SSSR count). The highest BCUT2D eigenvalue weighted by Crippen LogP contribution is 2.39. The van der Waals surface area contributed by atoms with Crippen LogP contribution in [0.2, 0.25) is 0 Å². The summed E-state index contributed by atoms with van der Waals surface area (Å²) >= 11 is 1.94. The second kappa shape index (κ2) is 5.29. The summed E-state index contributed by atoms with van der Waals surface area (Å²) in [4.78, 5) is 8.08. The summed E-state index contributed by atoms with van der Waals surface area (Å²) < 4.78 is 0. The highest BCUT2D eigenvalue weighted by molar-refractivity contribution is 7.12. The number of nitrogens with zero attached hydrogens (tertiary/aromatic N) is 2. The summed E-state index contributed by atoms with van der Waals surface area (Å²) in [7, 11) is 2.22. The Hall–Kier alpha value is -0.420. The summed E-state index contributed by atoms with van der Waals surface area (Å²) in [6, 6.07) is 3.04. The van der Waals surface area contributed by atoms with E-state index in [1.165, 1.54) is 50.3 Å². The van der Waals surface area contributed by atoms with Gasteiger partial charge in [-0.1, -0.05) is 0 Å². The molecule has 1 atom stereocenters. The molecule has 100 valence electrons. The first-order valence-corrected chi connectivity index (χ1v) is 7.83. The number of hydrogen-bond donors (Lipinski definition) is 1. The highest BCUT2D eigenvalue weighted by Gasteiger charge is 2.29. The second-order valence-electron chi connectivity index (χ2n) is 5.54. The third-order valence-electron chi connectivity index (χ3n) is 4.31. The van der Waals surface area contributed by atoms with Crippen LogP contribution in [0.1, 0.15) is 34.2 Å². The van der Waals surface area contributed by atoms with Crippen LogP contribution in [0.5, 0.6) is 0 Å². The molecule has 2 N–H and O–H groups in total. The number of thiophene rings is 1. The molecule has 1 saturated heterocycles. The number of likely N-dealkylation sites (N-methyl/N-ethyl adjacent to an activating group) is 1. The molecule has 1 unspecified atom stereocenters. The van der Waals surface area contributed by atoms with Crippen LogP contribution < -0.4 is 5.73 Å². The molecule has 3 nitrogen and oxygen atoms in total. The minimum atomic E-state index is 0.666. The van der Waals surface area contributed by atoms with Crippen LogP contribution in [0, 0.1) is 0 Å². The van der Waals surface area contributed by atoms with E-state index in [-0.39, 0.29) is 0 Å². The molecule has 4 heteroatoms. The number of aryl methyl sites for hydroxylation is 1. The number of nitrogens with two attached hydrogens (primary N) is 1. The predicted octanol–water partition coefficient (Wildman–Crippen LogP) is 1.83. The van der Waals surface area contributed by atoms with Gasteiger partial charge >= 0.3 is 0 Å². The maximum absolute atomic E-state index is 5.79. The highest BCUT2D eigenvalue weighted by atomic mass is 32.1. The van der Waals surface area contributed by atoms with Gasteiger partial charge in [-0.3, -0.25) is 4.90 Å². The van der Waals surface area contributed by atoms with E-state index in [4.69, 9.17) is 5.73 Å². The van der Waals surface area contributed by atoms with Crippen molar-refractivity contribution in [3.05, 3.63) is 21.4 Å². The van der Waals surface area contributed by atoms with E-state index in [9.17, 15) is 0 Å². The standard InChI is InChI=1S/C14H23N3S/c1-16-5-7-17(8-6-16)13-3-2-4-14-12(13)9-11(10-15)18-14/h9,13H,2-8,10,15H2,1H3. The summed E-state index contributed by atoms with van der Waals surface area (Å²) in [5, 5.41) is 0. The Morgan fingerprint density at radius 3 is 2.83 bits per heavy atom. The van der Waals surface area contributed by atoms with Gasteiger partial charge in [0.2, 0.25) is 0 Å². The monoisotopic (exact) mass is 265 g/mol. The first-order valence-electron chi connectivity index (χ1n) is 7.02. The molecule has 1 aromatic heterocycles. The van der Waals surface area contributed by atoms with Gasteiger partial charge in [0, 0.05) is 48.5 Å². The lowest BCUT2D eigenvalue weighted by atomic mass is 9.92. The Labute approximate surface area is 114 Å². The normalized spacial score (nSPS) is 26.2. The minimum absolute atomic E-state index is 0.666. The van der Waals surface area contributed by atoms with Crippen LogP contribution in [0.4, 0.5) is 0 Å². The van der Waals surface area contributed by atoms with E-state index < -0.39 is 0 Å². The van der Waals surface area contributed by atoms with E-state index >= 15 is 0 Å². The molecule has 2 heterocycles. The second-order valence-corrected chi connectivity index (χ2v) is 6.76. The predicted molar refractivity (Wildman–Crippen MR) is 77.0 cm³/mol. The van der Waals surface area contributed by atoms with Crippen molar-refractivity contribution < 1.29 is 0 Å². The Morgan fingerprint density at radius 1 is 1.33 bits per heavy atom. The molecular formula is C14H23N3S. The first kappa shape index (κ1) is 12.6. The Kier molecular flexibility index (Phi) is 3.71. The molecule has 1 aliphatic heterocycles. The number of piperazine rings is 1. The zero-order chi connectivity index (χ0) is 12.5. The molecule has 0 bridgehead atoms. The summed E-state index contributed by atoms with van der Waals surface area (Å²) in [6.07, 6.45) is 3.94. The van der Waals surface area contributed by atoms with E-state index in [2.05, 4.69) is 22.9 Å². The minimum Gasteiger partial charge on any atom is -0.326 e. The fraction of sp³-hybridized carbons (Fsp3) is 0.714. The van der Waals surface area contributed by atoms with Gasteiger partial charge in [-0.05, 0) is 37.9 Å². The van der Waals surface area contributed by atoms with Crippen molar-refractivity contribution in [1.82, 2.24) is 9.80 Å². The lowest BCUT2D eigenvalue weighted by molar-refractivity contribution is 0.103. The lowest BCUT2D eigenvalue weighted by Crippen LogP contribution is -2.46. The third-order valence-corrected chi connectivity index (χ3v) is 5.55. The molecule has 1 fully saturated rings. The van der Waals surface area contributed by atoms with Crippen molar-refractivity contribution in [2.24, 2.45) is 5.73 Å². The topological polar surface area (TPSA) is 32.5 Å². The van der Waals surface area contributed by atoms with Crippen molar-refractivity contribution in [3.63, 3.8) is 0 Å². The Morgan fingerprint density at radius 2 is 2.11 bits per heavy atom. The summed E-state index contributed by atoms with van der Waals surface area (Å²) in [5.74, 6) is 0. The van der Waals surface area contributed by atoms with Gasteiger partial charge in [-0.15, -0.1) is 11.3 Å². The van der Waals surface area contributed by atoms with Gasteiger partial charge in [0.1, 0.15) is 0 Å². The van der Waals surface area contributed by atoms with Crippen molar-refractivity contribution in [2.45, 2.75) is 31.8 Å². The molecule has 0 radical (unpaired) electrons. The van der Waals surface area contributed by atoms with Gasteiger partial charge in [0.25, 0.3) is 0 Å².